The molecule has 0 spiro atoms. The molecule has 0 N–H and O–H groups in total. The first kappa shape index (κ1) is 21.5. The van der Waals surface area contributed by atoms with Crippen LogP contribution in [0.5, 0.6) is 0 Å². The van der Waals surface area contributed by atoms with Gasteiger partial charge in [-0.05, 0) is 51.0 Å². The lowest BCUT2D eigenvalue weighted by molar-refractivity contribution is -0.133. The Hall–Kier alpha value is -2.76. The third-order valence-electron chi connectivity index (χ3n) is 6.51. The number of likely N-dealkylation sites (tertiary alicyclic amines) is 1. The number of hydrogen-bond acceptors (Lipinski definition) is 4. The van der Waals surface area contributed by atoms with Gasteiger partial charge in [-0.1, -0.05) is 45.0 Å². The number of nitrogens with zero attached hydrogens (tertiary/aromatic N) is 5. The molecule has 4 rings (SSSR count). The van der Waals surface area contributed by atoms with Crippen molar-refractivity contribution in [2.75, 3.05) is 6.54 Å². The van der Waals surface area contributed by atoms with Crippen LogP contribution in [-0.4, -0.2) is 43.0 Å². The Morgan fingerprint density at radius 3 is 2.45 bits per heavy atom. The van der Waals surface area contributed by atoms with Gasteiger partial charge in [0.25, 0.3) is 5.78 Å². The van der Waals surface area contributed by atoms with Crippen molar-refractivity contribution in [3.8, 4) is 11.4 Å². The predicted octanol–water partition coefficient (Wildman–Crippen LogP) is 4.65. The molecule has 3 aromatic rings. The lowest BCUT2D eigenvalue weighted by Crippen LogP contribution is -2.43. The van der Waals surface area contributed by atoms with E-state index in [-0.39, 0.29) is 11.3 Å². The smallest absolute Gasteiger partial charge is 0.253 e. The van der Waals surface area contributed by atoms with Gasteiger partial charge in [0.15, 0.2) is 5.82 Å². The second-order valence-electron chi connectivity index (χ2n) is 9.84. The molecule has 1 atom stereocenters. The molecule has 164 valence electrons. The Morgan fingerprint density at radius 1 is 1.10 bits per heavy atom. The second kappa shape index (κ2) is 8.06. The summed E-state index contributed by atoms with van der Waals surface area (Å²) >= 11 is 0. The fourth-order valence-electron chi connectivity index (χ4n) is 4.43. The summed E-state index contributed by atoms with van der Waals surface area (Å²) in [5, 5.41) is 4.73. The van der Waals surface area contributed by atoms with Gasteiger partial charge in [-0.25, -0.2) is 9.50 Å². The molecule has 1 saturated heterocycles. The maximum atomic E-state index is 13.0. The minimum absolute atomic E-state index is 0.105. The van der Waals surface area contributed by atoms with Crippen LogP contribution in [0.2, 0.25) is 0 Å². The molecule has 1 unspecified atom stereocenters. The van der Waals surface area contributed by atoms with Crippen LogP contribution in [0.3, 0.4) is 0 Å². The molecule has 1 fully saturated rings. The summed E-state index contributed by atoms with van der Waals surface area (Å²) in [6.07, 6.45) is 3.74. The number of piperidine rings is 1. The standard InChI is InChI=1S/C25H33N5O/c1-16-9-7-8-14-29(16)22(31)15-21-17(2)26-24-27-23(28-30(24)18(21)3)19-10-12-20(13-11-19)25(4,5)6/h10-13,16H,7-9,14-15H2,1-6H3. The molecule has 1 amide bonds. The van der Waals surface area contributed by atoms with Crippen molar-refractivity contribution in [3.63, 3.8) is 0 Å². The van der Waals surface area contributed by atoms with E-state index in [1.807, 2.05) is 18.7 Å². The SMILES string of the molecule is Cc1nc2nc(-c3ccc(C(C)(C)C)cc3)nn2c(C)c1CC(=O)N1CCCCC1C. The van der Waals surface area contributed by atoms with Gasteiger partial charge in [-0.2, -0.15) is 4.98 Å². The van der Waals surface area contributed by atoms with E-state index in [4.69, 9.17) is 5.10 Å². The molecule has 0 aliphatic carbocycles. The molecule has 31 heavy (non-hydrogen) atoms. The first-order chi connectivity index (χ1) is 14.6. The van der Waals surface area contributed by atoms with E-state index in [0.29, 0.717) is 24.1 Å². The first-order valence-electron chi connectivity index (χ1n) is 11.3. The van der Waals surface area contributed by atoms with Gasteiger partial charge in [-0.15, -0.1) is 5.10 Å². The number of aryl methyl sites for hydroxylation is 2. The summed E-state index contributed by atoms with van der Waals surface area (Å²) in [4.78, 5) is 24.4. The Morgan fingerprint density at radius 2 is 1.81 bits per heavy atom. The van der Waals surface area contributed by atoms with Crippen molar-refractivity contribution in [2.24, 2.45) is 0 Å². The van der Waals surface area contributed by atoms with Crippen LogP contribution in [0.15, 0.2) is 24.3 Å². The monoisotopic (exact) mass is 419 g/mol. The van der Waals surface area contributed by atoms with Gasteiger partial charge < -0.3 is 4.90 Å². The van der Waals surface area contributed by atoms with E-state index in [9.17, 15) is 4.79 Å². The Bertz CT molecular complexity index is 1110. The lowest BCUT2D eigenvalue weighted by atomic mass is 9.87. The Kier molecular flexibility index (Phi) is 5.58. The minimum atomic E-state index is 0.105. The molecule has 3 heterocycles. The fourth-order valence-corrected chi connectivity index (χ4v) is 4.43. The zero-order valence-electron chi connectivity index (χ0n) is 19.6. The van der Waals surface area contributed by atoms with Gasteiger partial charge in [0.05, 0.1) is 6.42 Å². The maximum absolute atomic E-state index is 13.0. The predicted molar refractivity (Wildman–Crippen MR) is 123 cm³/mol. The number of fused-ring (bicyclic) bond motifs is 1. The average Bonchev–Trinajstić information content (AvgIpc) is 3.15. The van der Waals surface area contributed by atoms with E-state index in [0.717, 1.165) is 41.9 Å². The normalized spacial score (nSPS) is 17.4. The summed E-state index contributed by atoms with van der Waals surface area (Å²) in [6, 6.07) is 8.72. The molecule has 1 aromatic carbocycles. The van der Waals surface area contributed by atoms with Crippen molar-refractivity contribution >= 4 is 11.7 Å². The quantitative estimate of drug-likeness (QED) is 0.620. The van der Waals surface area contributed by atoms with E-state index >= 15 is 0 Å². The van der Waals surface area contributed by atoms with Crippen molar-refractivity contribution in [3.05, 3.63) is 46.8 Å². The third-order valence-corrected chi connectivity index (χ3v) is 6.51. The topological polar surface area (TPSA) is 63.4 Å². The van der Waals surface area contributed by atoms with Crippen molar-refractivity contribution in [2.45, 2.75) is 78.7 Å². The average molecular weight is 420 g/mol. The van der Waals surface area contributed by atoms with E-state index in [2.05, 4.69) is 61.9 Å². The van der Waals surface area contributed by atoms with Gasteiger partial charge in [0.1, 0.15) is 0 Å². The fraction of sp³-hybridized carbons (Fsp3) is 0.520. The van der Waals surface area contributed by atoms with Crippen LogP contribution in [0, 0.1) is 13.8 Å². The molecule has 0 bridgehead atoms. The number of carbonyl (C=O) groups is 1. The highest BCUT2D eigenvalue weighted by Gasteiger charge is 2.25. The number of rotatable bonds is 3. The number of amides is 1. The van der Waals surface area contributed by atoms with E-state index in [1.54, 1.807) is 4.52 Å². The largest absolute Gasteiger partial charge is 0.340 e. The molecule has 6 nitrogen and oxygen atoms in total. The summed E-state index contributed by atoms with van der Waals surface area (Å²) in [5.74, 6) is 1.41. The molecular weight excluding hydrogens is 386 g/mol. The molecule has 2 aromatic heterocycles. The van der Waals surface area contributed by atoms with E-state index in [1.165, 1.54) is 12.0 Å². The maximum Gasteiger partial charge on any atom is 0.253 e. The molecule has 1 aliphatic rings. The number of aromatic nitrogens is 4. The summed E-state index contributed by atoms with van der Waals surface area (Å²) < 4.78 is 1.78. The van der Waals surface area contributed by atoms with Crippen molar-refractivity contribution in [1.82, 2.24) is 24.5 Å². The van der Waals surface area contributed by atoms with E-state index < -0.39 is 0 Å². The summed E-state index contributed by atoms with van der Waals surface area (Å²) in [6.45, 7) is 13.6. The highest BCUT2D eigenvalue weighted by atomic mass is 16.2. The molecule has 0 saturated carbocycles. The second-order valence-corrected chi connectivity index (χ2v) is 9.84. The van der Waals surface area contributed by atoms with Crippen LogP contribution in [0.4, 0.5) is 0 Å². The highest BCUT2D eigenvalue weighted by molar-refractivity contribution is 5.79. The Balaban J connectivity index is 1.65. The van der Waals surface area contributed by atoms with Crippen molar-refractivity contribution < 1.29 is 4.79 Å². The van der Waals surface area contributed by atoms with Crippen LogP contribution >= 0.6 is 0 Å². The summed E-state index contributed by atoms with van der Waals surface area (Å²) in [7, 11) is 0. The number of hydrogen-bond donors (Lipinski definition) is 0. The van der Waals surface area contributed by atoms with Gasteiger partial charge in [0.2, 0.25) is 5.91 Å². The van der Waals surface area contributed by atoms with Gasteiger partial charge in [-0.3, -0.25) is 4.79 Å². The van der Waals surface area contributed by atoms with Crippen LogP contribution < -0.4 is 0 Å². The zero-order chi connectivity index (χ0) is 22.3. The van der Waals surface area contributed by atoms with Crippen LogP contribution in [0.25, 0.3) is 17.2 Å². The van der Waals surface area contributed by atoms with Crippen LogP contribution in [-0.2, 0) is 16.6 Å². The zero-order valence-corrected chi connectivity index (χ0v) is 19.6. The minimum Gasteiger partial charge on any atom is -0.340 e. The lowest BCUT2D eigenvalue weighted by Gasteiger charge is -2.33. The summed E-state index contributed by atoms with van der Waals surface area (Å²) in [5.41, 5.74) is 5.09. The van der Waals surface area contributed by atoms with Gasteiger partial charge >= 0.3 is 0 Å². The third kappa shape index (κ3) is 4.21. The molecular formula is C25H33N5O. The Labute approximate surface area is 184 Å². The highest BCUT2D eigenvalue weighted by Crippen LogP contribution is 2.26. The number of benzene rings is 1. The molecule has 6 heteroatoms. The van der Waals surface area contributed by atoms with Gasteiger partial charge in [0, 0.05) is 35.1 Å². The molecule has 1 aliphatic heterocycles. The number of carbonyl (C=O) groups excluding carboxylic acids is 1. The molecule has 0 radical (unpaired) electrons. The van der Waals surface area contributed by atoms with Crippen molar-refractivity contribution in [1.29, 1.82) is 0 Å². The first-order valence-corrected chi connectivity index (χ1v) is 11.3. The van der Waals surface area contributed by atoms with Crippen LogP contribution in [0.1, 0.15) is 69.5 Å².